The van der Waals surface area contributed by atoms with Crippen LogP contribution in [0.1, 0.15) is 25.5 Å². The van der Waals surface area contributed by atoms with Crippen LogP contribution in [0.3, 0.4) is 0 Å². The zero-order valence-electron chi connectivity index (χ0n) is 11.8. The molecule has 1 heterocycles. The lowest BCUT2D eigenvalue weighted by Gasteiger charge is -2.17. The SMILES string of the molecule is CCNC(CSc1ncn[nH]1)c1ccc(OCC)cc1. The van der Waals surface area contributed by atoms with Gasteiger partial charge >= 0.3 is 0 Å². The summed E-state index contributed by atoms with van der Waals surface area (Å²) >= 11 is 1.66. The summed E-state index contributed by atoms with van der Waals surface area (Å²) < 4.78 is 5.47. The van der Waals surface area contributed by atoms with Crippen LogP contribution in [0.2, 0.25) is 0 Å². The molecular weight excluding hydrogens is 272 g/mol. The number of H-pyrrole nitrogens is 1. The van der Waals surface area contributed by atoms with E-state index in [1.165, 1.54) is 11.9 Å². The Morgan fingerprint density at radius 3 is 2.70 bits per heavy atom. The Balaban J connectivity index is 1.99. The third-order valence-electron chi connectivity index (χ3n) is 2.82. The van der Waals surface area contributed by atoms with Gasteiger partial charge in [0.1, 0.15) is 12.1 Å². The standard InChI is InChI=1S/C14H20N4OS/c1-3-15-13(9-20-14-16-10-17-18-14)11-5-7-12(8-6-11)19-4-2/h5-8,10,13,15H,3-4,9H2,1-2H3,(H,16,17,18). The van der Waals surface area contributed by atoms with Gasteiger partial charge in [0, 0.05) is 11.8 Å². The van der Waals surface area contributed by atoms with Crippen molar-refractivity contribution in [2.24, 2.45) is 0 Å². The maximum atomic E-state index is 5.47. The Labute approximate surface area is 123 Å². The molecular formula is C14H20N4OS. The fourth-order valence-electron chi connectivity index (χ4n) is 1.91. The van der Waals surface area contributed by atoms with Gasteiger partial charge in [0.05, 0.1) is 6.61 Å². The largest absolute Gasteiger partial charge is 0.494 e. The number of rotatable bonds is 8. The van der Waals surface area contributed by atoms with Gasteiger partial charge in [-0.25, -0.2) is 4.98 Å². The fraction of sp³-hybridized carbons (Fsp3) is 0.429. The molecule has 2 rings (SSSR count). The Morgan fingerprint density at radius 2 is 2.10 bits per heavy atom. The van der Waals surface area contributed by atoms with Crippen LogP contribution in [0, 0.1) is 0 Å². The molecule has 6 heteroatoms. The third-order valence-corrected chi connectivity index (χ3v) is 3.79. The number of benzene rings is 1. The molecule has 0 aliphatic rings. The Morgan fingerprint density at radius 1 is 1.30 bits per heavy atom. The van der Waals surface area contributed by atoms with Crippen molar-refractivity contribution in [2.75, 3.05) is 18.9 Å². The lowest BCUT2D eigenvalue weighted by molar-refractivity contribution is 0.340. The summed E-state index contributed by atoms with van der Waals surface area (Å²) in [4.78, 5) is 4.13. The summed E-state index contributed by atoms with van der Waals surface area (Å²) in [7, 11) is 0. The van der Waals surface area contributed by atoms with Gasteiger partial charge in [-0.3, -0.25) is 5.10 Å². The minimum atomic E-state index is 0.283. The third kappa shape index (κ3) is 4.25. The number of nitrogens with zero attached hydrogens (tertiary/aromatic N) is 2. The van der Waals surface area contributed by atoms with Gasteiger partial charge in [-0.2, -0.15) is 5.10 Å². The van der Waals surface area contributed by atoms with Crippen LogP contribution in [-0.4, -0.2) is 34.1 Å². The molecule has 108 valence electrons. The molecule has 0 amide bonds. The summed E-state index contributed by atoms with van der Waals surface area (Å²) in [5.74, 6) is 1.81. The highest BCUT2D eigenvalue weighted by Gasteiger charge is 2.12. The fourth-order valence-corrected chi connectivity index (χ4v) is 2.78. The first-order chi connectivity index (χ1) is 9.83. The van der Waals surface area contributed by atoms with Gasteiger partial charge in [-0.05, 0) is 31.2 Å². The first kappa shape index (κ1) is 14.9. The maximum absolute atomic E-state index is 5.47. The van der Waals surface area contributed by atoms with E-state index in [9.17, 15) is 0 Å². The zero-order chi connectivity index (χ0) is 14.2. The Bertz CT molecular complexity index is 486. The average Bonchev–Trinajstić information content (AvgIpc) is 2.98. The summed E-state index contributed by atoms with van der Waals surface area (Å²) in [5, 5.41) is 11.1. The highest BCUT2D eigenvalue weighted by Crippen LogP contribution is 2.23. The molecule has 5 nitrogen and oxygen atoms in total. The molecule has 1 aromatic carbocycles. The van der Waals surface area contributed by atoms with Gasteiger partial charge in [-0.15, -0.1) is 0 Å². The molecule has 1 unspecified atom stereocenters. The molecule has 0 radical (unpaired) electrons. The van der Waals surface area contributed by atoms with Crippen LogP contribution < -0.4 is 10.1 Å². The molecule has 0 aliphatic heterocycles. The lowest BCUT2D eigenvalue weighted by atomic mass is 10.1. The molecule has 0 spiro atoms. The Kier molecular flexibility index (Phi) is 5.88. The zero-order valence-corrected chi connectivity index (χ0v) is 12.6. The van der Waals surface area contributed by atoms with Crippen LogP contribution in [0.5, 0.6) is 5.75 Å². The number of hydrogen-bond acceptors (Lipinski definition) is 5. The predicted octanol–water partition coefficient (Wildman–Crippen LogP) is 2.65. The number of hydrogen-bond donors (Lipinski definition) is 2. The van der Waals surface area contributed by atoms with E-state index in [4.69, 9.17) is 4.74 Å². The molecule has 20 heavy (non-hydrogen) atoms. The molecule has 2 aromatic rings. The lowest BCUT2D eigenvalue weighted by Crippen LogP contribution is -2.23. The topological polar surface area (TPSA) is 62.8 Å². The van der Waals surface area contributed by atoms with E-state index in [1.54, 1.807) is 11.8 Å². The normalized spacial score (nSPS) is 12.3. The van der Waals surface area contributed by atoms with Crippen molar-refractivity contribution < 1.29 is 4.74 Å². The van der Waals surface area contributed by atoms with Gasteiger partial charge in [0.2, 0.25) is 0 Å². The molecule has 0 saturated carbocycles. The van der Waals surface area contributed by atoms with Crippen molar-refractivity contribution in [3.05, 3.63) is 36.2 Å². The maximum Gasteiger partial charge on any atom is 0.183 e. The molecule has 0 saturated heterocycles. The van der Waals surface area contributed by atoms with E-state index >= 15 is 0 Å². The van der Waals surface area contributed by atoms with E-state index in [0.29, 0.717) is 6.61 Å². The van der Waals surface area contributed by atoms with Crippen LogP contribution in [0.25, 0.3) is 0 Å². The quantitative estimate of drug-likeness (QED) is 0.732. The minimum absolute atomic E-state index is 0.283. The number of aromatic nitrogens is 3. The second-order valence-electron chi connectivity index (χ2n) is 4.21. The van der Waals surface area contributed by atoms with Gasteiger partial charge < -0.3 is 10.1 Å². The summed E-state index contributed by atoms with van der Waals surface area (Å²) in [5.41, 5.74) is 1.25. The van der Waals surface area contributed by atoms with Crippen molar-refractivity contribution in [1.82, 2.24) is 20.5 Å². The molecule has 2 N–H and O–H groups in total. The van der Waals surface area contributed by atoms with Crippen molar-refractivity contribution in [2.45, 2.75) is 25.0 Å². The second kappa shape index (κ2) is 7.91. The smallest absolute Gasteiger partial charge is 0.183 e. The van der Waals surface area contributed by atoms with Crippen LogP contribution in [0.15, 0.2) is 35.7 Å². The summed E-state index contributed by atoms with van der Waals surface area (Å²) in [6.07, 6.45) is 1.53. The molecule has 1 atom stereocenters. The van der Waals surface area contributed by atoms with Crippen molar-refractivity contribution in [3.63, 3.8) is 0 Å². The van der Waals surface area contributed by atoms with Crippen molar-refractivity contribution >= 4 is 11.8 Å². The van der Waals surface area contributed by atoms with E-state index in [-0.39, 0.29) is 6.04 Å². The average molecular weight is 292 g/mol. The first-order valence-electron chi connectivity index (χ1n) is 6.77. The summed E-state index contributed by atoms with van der Waals surface area (Å²) in [6.45, 7) is 5.72. The predicted molar refractivity (Wildman–Crippen MR) is 81.1 cm³/mol. The summed E-state index contributed by atoms with van der Waals surface area (Å²) in [6, 6.07) is 8.54. The molecule has 0 aliphatic carbocycles. The Hall–Kier alpha value is -1.53. The number of nitrogens with one attached hydrogen (secondary N) is 2. The first-order valence-corrected chi connectivity index (χ1v) is 7.76. The van der Waals surface area contributed by atoms with E-state index in [2.05, 4.69) is 39.6 Å². The van der Waals surface area contributed by atoms with E-state index in [0.717, 1.165) is 23.2 Å². The van der Waals surface area contributed by atoms with Gasteiger partial charge in [-0.1, -0.05) is 30.8 Å². The monoisotopic (exact) mass is 292 g/mol. The van der Waals surface area contributed by atoms with Gasteiger partial charge in [0.25, 0.3) is 0 Å². The number of thioether (sulfide) groups is 1. The van der Waals surface area contributed by atoms with Crippen LogP contribution >= 0.6 is 11.8 Å². The minimum Gasteiger partial charge on any atom is -0.494 e. The van der Waals surface area contributed by atoms with E-state index in [1.807, 2.05) is 19.1 Å². The van der Waals surface area contributed by atoms with Crippen molar-refractivity contribution in [3.8, 4) is 5.75 Å². The highest BCUT2D eigenvalue weighted by molar-refractivity contribution is 7.99. The number of aromatic amines is 1. The second-order valence-corrected chi connectivity index (χ2v) is 5.22. The molecule has 0 bridgehead atoms. The highest BCUT2D eigenvalue weighted by atomic mass is 32.2. The van der Waals surface area contributed by atoms with Crippen molar-refractivity contribution in [1.29, 1.82) is 0 Å². The van der Waals surface area contributed by atoms with E-state index < -0.39 is 0 Å². The van der Waals surface area contributed by atoms with Gasteiger partial charge in [0.15, 0.2) is 5.16 Å². The van der Waals surface area contributed by atoms with Crippen LogP contribution in [-0.2, 0) is 0 Å². The van der Waals surface area contributed by atoms with Crippen LogP contribution in [0.4, 0.5) is 0 Å². The number of ether oxygens (including phenoxy) is 1. The molecule has 1 aromatic heterocycles. The molecule has 0 fully saturated rings.